The van der Waals surface area contributed by atoms with Crippen molar-refractivity contribution >= 4 is 27.9 Å². The number of hydrogen-bond acceptors (Lipinski definition) is 5. The van der Waals surface area contributed by atoms with Crippen LogP contribution in [0.15, 0.2) is 24.3 Å². The van der Waals surface area contributed by atoms with E-state index in [9.17, 15) is 18.0 Å². The second kappa shape index (κ2) is 11.1. The Morgan fingerprint density at radius 3 is 2.36 bits per heavy atom. The Morgan fingerprint density at radius 1 is 1.09 bits per heavy atom. The number of nitrogens with two attached hydrogens (primary N) is 2. The van der Waals surface area contributed by atoms with Crippen LogP contribution in [-0.2, 0) is 26.3 Å². The van der Waals surface area contributed by atoms with Gasteiger partial charge >= 0.3 is 0 Å². The number of amides is 2. The SMILES string of the molecule is N=C(N)c1ccc(CNC(=O)[C@@H]2CCCN2C(=O)[C@@H](CC2CCCCC2)NS(N)(=O)=O)cc1. The molecule has 7 N–H and O–H groups in total. The first-order valence-electron chi connectivity index (χ1n) is 11.5. The number of benzene rings is 1. The number of rotatable bonds is 9. The summed E-state index contributed by atoms with van der Waals surface area (Å²) >= 11 is 0. The Morgan fingerprint density at radius 2 is 1.76 bits per heavy atom. The lowest BCUT2D eigenvalue weighted by molar-refractivity contribution is -0.140. The molecule has 1 saturated carbocycles. The van der Waals surface area contributed by atoms with Gasteiger partial charge in [0.15, 0.2) is 0 Å². The molecule has 0 aromatic heterocycles. The van der Waals surface area contributed by atoms with E-state index >= 15 is 0 Å². The van der Waals surface area contributed by atoms with Crippen molar-refractivity contribution in [2.24, 2.45) is 16.8 Å². The number of carbonyl (C=O) groups excluding carboxylic acids is 2. The average molecular weight is 479 g/mol. The van der Waals surface area contributed by atoms with Crippen molar-refractivity contribution in [3.8, 4) is 0 Å². The van der Waals surface area contributed by atoms with E-state index in [2.05, 4.69) is 10.0 Å². The van der Waals surface area contributed by atoms with Gasteiger partial charge in [0, 0.05) is 18.7 Å². The van der Waals surface area contributed by atoms with Gasteiger partial charge in [-0.05, 0) is 30.7 Å². The van der Waals surface area contributed by atoms with Crippen molar-refractivity contribution in [2.45, 2.75) is 70.0 Å². The second-order valence-corrected chi connectivity index (χ2v) is 10.3. The van der Waals surface area contributed by atoms with Crippen molar-refractivity contribution in [1.29, 1.82) is 5.41 Å². The summed E-state index contributed by atoms with van der Waals surface area (Å²) in [7, 11) is -4.06. The summed E-state index contributed by atoms with van der Waals surface area (Å²) in [4.78, 5) is 27.7. The summed E-state index contributed by atoms with van der Waals surface area (Å²) in [6, 6.07) is 5.38. The third kappa shape index (κ3) is 7.24. The van der Waals surface area contributed by atoms with E-state index in [1.165, 1.54) is 4.90 Å². The molecule has 2 fully saturated rings. The largest absolute Gasteiger partial charge is 0.384 e. The number of nitrogens with one attached hydrogen (secondary N) is 3. The van der Waals surface area contributed by atoms with Crippen LogP contribution >= 0.6 is 0 Å². The Kier molecular flexibility index (Phi) is 8.44. The van der Waals surface area contributed by atoms with E-state index in [1.54, 1.807) is 24.3 Å². The molecule has 1 aliphatic heterocycles. The molecule has 0 unspecified atom stereocenters. The molecule has 1 saturated heterocycles. The summed E-state index contributed by atoms with van der Waals surface area (Å²) in [5.74, 6) is -0.432. The van der Waals surface area contributed by atoms with E-state index in [-0.39, 0.29) is 24.2 Å². The summed E-state index contributed by atoms with van der Waals surface area (Å²) in [6.45, 7) is 0.675. The Labute approximate surface area is 195 Å². The minimum absolute atomic E-state index is 0.0263. The molecule has 2 atom stereocenters. The number of carbonyl (C=O) groups is 2. The lowest BCUT2D eigenvalue weighted by Gasteiger charge is -2.31. The van der Waals surface area contributed by atoms with Crippen molar-refractivity contribution in [2.75, 3.05) is 6.54 Å². The van der Waals surface area contributed by atoms with Crippen LogP contribution in [0.2, 0.25) is 0 Å². The number of nitrogen functional groups attached to an aromatic ring is 1. The highest BCUT2D eigenvalue weighted by Crippen LogP contribution is 2.29. The molecule has 2 aliphatic rings. The smallest absolute Gasteiger partial charge is 0.275 e. The third-order valence-corrected chi connectivity index (χ3v) is 7.08. The first-order chi connectivity index (χ1) is 15.6. The first-order valence-corrected chi connectivity index (χ1v) is 13.0. The van der Waals surface area contributed by atoms with E-state index < -0.39 is 28.2 Å². The van der Waals surface area contributed by atoms with Crippen LogP contribution in [0.1, 0.15) is 62.5 Å². The molecule has 33 heavy (non-hydrogen) atoms. The van der Waals surface area contributed by atoms with Crippen LogP contribution in [0.4, 0.5) is 0 Å². The number of likely N-dealkylation sites (tertiary alicyclic amines) is 1. The molecular formula is C22H34N6O4S. The minimum atomic E-state index is -4.06. The fourth-order valence-corrected chi connectivity index (χ4v) is 5.36. The summed E-state index contributed by atoms with van der Waals surface area (Å²) in [5, 5.41) is 15.5. The average Bonchev–Trinajstić information content (AvgIpc) is 3.26. The van der Waals surface area contributed by atoms with Crippen molar-refractivity contribution in [1.82, 2.24) is 14.9 Å². The number of hydrogen-bond donors (Lipinski definition) is 5. The van der Waals surface area contributed by atoms with Crippen LogP contribution in [0.25, 0.3) is 0 Å². The summed E-state index contributed by atoms with van der Waals surface area (Å²) in [6.07, 6.45) is 6.80. The van der Waals surface area contributed by atoms with Gasteiger partial charge in [0.1, 0.15) is 17.9 Å². The maximum absolute atomic E-state index is 13.3. The van der Waals surface area contributed by atoms with Gasteiger partial charge < -0.3 is 16.0 Å². The van der Waals surface area contributed by atoms with Gasteiger partial charge in [-0.2, -0.15) is 13.1 Å². The Bertz CT molecular complexity index is 960. The van der Waals surface area contributed by atoms with Gasteiger partial charge in [-0.1, -0.05) is 56.4 Å². The van der Waals surface area contributed by atoms with Gasteiger partial charge in [0.25, 0.3) is 10.2 Å². The molecule has 11 heteroatoms. The number of amidine groups is 1. The molecule has 3 rings (SSSR count). The van der Waals surface area contributed by atoms with Gasteiger partial charge in [-0.25, -0.2) is 5.14 Å². The van der Waals surface area contributed by atoms with Crippen LogP contribution in [0.3, 0.4) is 0 Å². The lowest BCUT2D eigenvalue weighted by atomic mass is 9.84. The molecule has 0 spiro atoms. The minimum Gasteiger partial charge on any atom is -0.384 e. The molecular weight excluding hydrogens is 444 g/mol. The van der Waals surface area contributed by atoms with Gasteiger partial charge in [0.05, 0.1) is 0 Å². The Hall–Kier alpha value is -2.50. The normalized spacial score (nSPS) is 20.4. The third-order valence-electron chi connectivity index (χ3n) is 6.47. The highest BCUT2D eigenvalue weighted by Gasteiger charge is 2.38. The topological polar surface area (TPSA) is 171 Å². The zero-order chi connectivity index (χ0) is 24.0. The maximum atomic E-state index is 13.3. The second-order valence-electron chi connectivity index (χ2n) is 8.97. The standard InChI is InChI=1S/C22H34N6O4S/c23-20(24)17-10-8-16(9-11-17)14-26-21(29)19-7-4-12-28(19)22(30)18(27-33(25,31)32)13-15-5-2-1-3-6-15/h8-11,15,18-19,27H,1-7,12-14H2,(H3,23,24)(H,26,29)(H2,25,31,32)/t18-,19+/m1/s1. The molecule has 182 valence electrons. The molecule has 10 nitrogen and oxygen atoms in total. The van der Waals surface area contributed by atoms with Gasteiger partial charge in [-0.3, -0.25) is 15.0 Å². The van der Waals surface area contributed by atoms with Crippen LogP contribution in [0.5, 0.6) is 0 Å². The highest BCUT2D eigenvalue weighted by molar-refractivity contribution is 7.87. The van der Waals surface area contributed by atoms with Crippen molar-refractivity contribution < 1.29 is 18.0 Å². The predicted molar refractivity (Wildman–Crippen MR) is 125 cm³/mol. The van der Waals surface area contributed by atoms with E-state index in [4.69, 9.17) is 16.3 Å². The van der Waals surface area contributed by atoms with E-state index in [0.29, 0.717) is 31.4 Å². The lowest BCUT2D eigenvalue weighted by Crippen LogP contribution is -2.54. The maximum Gasteiger partial charge on any atom is 0.275 e. The predicted octanol–water partition coefficient (Wildman–Crippen LogP) is 0.710. The fourth-order valence-electron chi connectivity index (χ4n) is 4.77. The molecule has 1 heterocycles. The van der Waals surface area contributed by atoms with Crippen LogP contribution in [-0.4, -0.2) is 49.6 Å². The van der Waals surface area contributed by atoms with Crippen LogP contribution in [0, 0.1) is 11.3 Å². The molecule has 1 aliphatic carbocycles. The zero-order valence-electron chi connectivity index (χ0n) is 18.8. The van der Waals surface area contributed by atoms with E-state index in [1.807, 2.05) is 0 Å². The van der Waals surface area contributed by atoms with Crippen molar-refractivity contribution in [3.63, 3.8) is 0 Å². The van der Waals surface area contributed by atoms with Crippen molar-refractivity contribution in [3.05, 3.63) is 35.4 Å². The van der Waals surface area contributed by atoms with E-state index in [0.717, 1.165) is 37.7 Å². The molecule has 0 radical (unpaired) electrons. The Balaban J connectivity index is 1.64. The van der Waals surface area contributed by atoms with Crippen LogP contribution < -0.4 is 20.9 Å². The quantitative estimate of drug-likeness (QED) is 0.259. The molecule has 1 aromatic carbocycles. The zero-order valence-corrected chi connectivity index (χ0v) is 19.6. The summed E-state index contributed by atoms with van der Waals surface area (Å²) < 4.78 is 25.8. The highest BCUT2D eigenvalue weighted by atomic mass is 32.2. The number of nitrogens with zero attached hydrogens (tertiary/aromatic N) is 1. The first kappa shape index (κ1) is 25.1. The molecule has 2 amide bonds. The molecule has 1 aromatic rings. The van der Waals surface area contributed by atoms with Gasteiger partial charge in [-0.15, -0.1) is 0 Å². The summed E-state index contributed by atoms with van der Waals surface area (Å²) in [5.41, 5.74) is 6.90. The monoisotopic (exact) mass is 478 g/mol. The fraction of sp³-hybridized carbons (Fsp3) is 0.591. The molecule has 0 bridgehead atoms. The van der Waals surface area contributed by atoms with Gasteiger partial charge in [0.2, 0.25) is 11.8 Å².